The Morgan fingerprint density at radius 3 is 2.04 bits per heavy atom. The van der Waals surface area contributed by atoms with Crippen molar-refractivity contribution >= 4 is 43.9 Å². The minimum atomic E-state index is 0.880. The summed E-state index contributed by atoms with van der Waals surface area (Å²) in [5.74, 6) is 0. The summed E-state index contributed by atoms with van der Waals surface area (Å²) < 4.78 is 12.2. The van der Waals surface area contributed by atoms with E-state index in [1.165, 1.54) is 0 Å². The van der Waals surface area contributed by atoms with Gasteiger partial charge in [-0.3, -0.25) is 4.98 Å². The average molecular weight is 335 g/mol. The molecule has 0 bridgehead atoms. The van der Waals surface area contributed by atoms with Crippen LogP contribution in [0.25, 0.3) is 55.0 Å². The van der Waals surface area contributed by atoms with Crippen molar-refractivity contribution in [1.82, 2.24) is 4.98 Å². The minimum absolute atomic E-state index is 0.880. The van der Waals surface area contributed by atoms with Crippen LogP contribution in [0, 0.1) is 0 Å². The lowest BCUT2D eigenvalue weighted by Crippen LogP contribution is -1.78. The van der Waals surface area contributed by atoms with E-state index in [0.717, 1.165) is 55.0 Å². The molecule has 0 N–H and O–H groups in total. The van der Waals surface area contributed by atoms with E-state index in [9.17, 15) is 0 Å². The molecule has 3 aromatic heterocycles. The number of furan rings is 2. The standard InChI is InChI=1S/C23H13NO2/c1-2-4-18-16(3-1)22-19(25-18)7-8-20-23(22)17-6-5-15(13-21(17)26-20)14-9-11-24-12-10-14/h1-13H. The molecular weight excluding hydrogens is 322 g/mol. The van der Waals surface area contributed by atoms with Crippen LogP contribution in [0.15, 0.2) is 88.0 Å². The number of nitrogens with zero attached hydrogens (tertiary/aromatic N) is 1. The maximum absolute atomic E-state index is 6.18. The van der Waals surface area contributed by atoms with Crippen molar-refractivity contribution in [3.05, 3.63) is 79.1 Å². The Labute approximate surface area is 148 Å². The number of benzene rings is 3. The Morgan fingerprint density at radius 1 is 0.538 bits per heavy atom. The van der Waals surface area contributed by atoms with E-state index in [1.807, 2.05) is 42.5 Å². The normalized spacial score (nSPS) is 11.8. The molecule has 3 nitrogen and oxygen atoms in total. The van der Waals surface area contributed by atoms with Gasteiger partial charge in [-0.05, 0) is 53.6 Å². The molecule has 0 saturated carbocycles. The molecule has 3 heteroatoms. The lowest BCUT2D eigenvalue weighted by atomic mass is 10.0. The van der Waals surface area contributed by atoms with Crippen molar-refractivity contribution in [3.63, 3.8) is 0 Å². The van der Waals surface area contributed by atoms with Crippen LogP contribution >= 0.6 is 0 Å². The van der Waals surface area contributed by atoms with E-state index in [0.29, 0.717) is 0 Å². The highest BCUT2D eigenvalue weighted by atomic mass is 16.3. The quantitative estimate of drug-likeness (QED) is 0.342. The molecule has 3 aromatic carbocycles. The molecule has 122 valence electrons. The second-order valence-corrected chi connectivity index (χ2v) is 6.46. The fourth-order valence-corrected chi connectivity index (χ4v) is 3.81. The monoisotopic (exact) mass is 335 g/mol. The summed E-state index contributed by atoms with van der Waals surface area (Å²) in [7, 11) is 0. The van der Waals surface area contributed by atoms with Crippen LogP contribution in [0.4, 0.5) is 0 Å². The molecule has 0 aliphatic heterocycles. The molecule has 0 spiro atoms. The van der Waals surface area contributed by atoms with Gasteiger partial charge in [0.25, 0.3) is 0 Å². The second kappa shape index (κ2) is 4.96. The Balaban J connectivity index is 1.73. The summed E-state index contributed by atoms with van der Waals surface area (Å²) in [5.41, 5.74) is 5.80. The number of fused-ring (bicyclic) bond motifs is 7. The maximum Gasteiger partial charge on any atom is 0.136 e. The van der Waals surface area contributed by atoms with Gasteiger partial charge in [0.05, 0.1) is 0 Å². The predicted molar refractivity (Wildman–Crippen MR) is 104 cm³/mol. The average Bonchev–Trinajstić information content (AvgIpc) is 3.25. The van der Waals surface area contributed by atoms with Gasteiger partial charge in [0.1, 0.15) is 22.3 Å². The molecule has 0 radical (unpaired) electrons. The van der Waals surface area contributed by atoms with Crippen LogP contribution in [-0.2, 0) is 0 Å². The van der Waals surface area contributed by atoms with Crippen molar-refractivity contribution in [1.29, 1.82) is 0 Å². The number of rotatable bonds is 1. The highest BCUT2D eigenvalue weighted by Gasteiger charge is 2.16. The van der Waals surface area contributed by atoms with E-state index in [2.05, 4.69) is 29.2 Å². The fraction of sp³-hybridized carbons (Fsp3) is 0. The fourth-order valence-electron chi connectivity index (χ4n) is 3.81. The lowest BCUT2D eigenvalue weighted by Gasteiger charge is -2.00. The first-order valence-corrected chi connectivity index (χ1v) is 8.55. The first-order chi connectivity index (χ1) is 12.9. The molecule has 3 heterocycles. The second-order valence-electron chi connectivity index (χ2n) is 6.46. The third-order valence-electron chi connectivity index (χ3n) is 4.99. The summed E-state index contributed by atoms with van der Waals surface area (Å²) >= 11 is 0. The largest absolute Gasteiger partial charge is 0.456 e. The number of pyridine rings is 1. The summed E-state index contributed by atoms with van der Waals surface area (Å²) in [5, 5.41) is 4.46. The topological polar surface area (TPSA) is 39.2 Å². The van der Waals surface area contributed by atoms with Gasteiger partial charge in [0.2, 0.25) is 0 Å². The molecule has 0 atom stereocenters. The van der Waals surface area contributed by atoms with Crippen molar-refractivity contribution in [2.45, 2.75) is 0 Å². The zero-order valence-corrected chi connectivity index (χ0v) is 13.8. The van der Waals surface area contributed by atoms with Crippen LogP contribution in [0.2, 0.25) is 0 Å². The summed E-state index contributed by atoms with van der Waals surface area (Å²) in [6.07, 6.45) is 3.61. The molecule has 6 aromatic rings. The summed E-state index contributed by atoms with van der Waals surface area (Å²) in [6.45, 7) is 0. The van der Waals surface area contributed by atoms with Crippen LogP contribution in [0.1, 0.15) is 0 Å². The van der Waals surface area contributed by atoms with Crippen molar-refractivity contribution < 1.29 is 8.83 Å². The molecule has 0 aliphatic rings. The summed E-state index contributed by atoms with van der Waals surface area (Å²) in [4.78, 5) is 4.09. The van der Waals surface area contributed by atoms with E-state index >= 15 is 0 Å². The van der Waals surface area contributed by atoms with Crippen LogP contribution in [0.5, 0.6) is 0 Å². The Kier molecular flexibility index (Phi) is 2.61. The van der Waals surface area contributed by atoms with Gasteiger partial charge in [-0.15, -0.1) is 0 Å². The van der Waals surface area contributed by atoms with Gasteiger partial charge in [-0.25, -0.2) is 0 Å². The third kappa shape index (κ3) is 1.80. The first kappa shape index (κ1) is 13.7. The summed E-state index contributed by atoms with van der Waals surface area (Å²) in [6, 6.07) is 22.5. The maximum atomic E-state index is 6.18. The van der Waals surface area contributed by atoms with E-state index in [1.54, 1.807) is 12.4 Å². The first-order valence-electron chi connectivity index (χ1n) is 8.55. The smallest absolute Gasteiger partial charge is 0.136 e. The third-order valence-corrected chi connectivity index (χ3v) is 4.99. The van der Waals surface area contributed by atoms with Gasteiger partial charge in [-0.1, -0.05) is 24.3 Å². The van der Waals surface area contributed by atoms with Crippen LogP contribution < -0.4 is 0 Å². The van der Waals surface area contributed by atoms with Crippen molar-refractivity contribution in [3.8, 4) is 11.1 Å². The molecule has 26 heavy (non-hydrogen) atoms. The highest BCUT2D eigenvalue weighted by molar-refractivity contribution is 6.25. The lowest BCUT2D eigenvalue weighted by molar-refractivity contribution is 0.663. The Morgan fingerprint density at radius 2 is 1.23 bits per heavy atom. The molecule has 0 amide bonds. The number of para-hydroxylation sites is 1. The van der Waals surface area contributed by atoms with Crippen molar-refractivity contribution in [2.24, 2.45) is 0 Å². The van der Waals surface area contributed by atoms with Crippen LogP contribution in [-0.4, -0.2) is 4.98 Å². The van der Waals surface area contributed by atoms with Gasteiger partial charge in [0.15, 0.2) is 0 Å². The van der Waals surface area contributed by atoms with Gasteiger partial charge in [0, 0.05) is 33.9 Å². The van der Waals surface area contributed by atoms with Gasteiger partial charge in [-0.2, -0.15) is 0 Å². The predicted octanol–water partition coefficient (Wildman–Crippen LogP) is 6.55. The SMILES string of the molecule is c1ccc2c(c1)oc1ccc3oc4cc(-c5ccncc5)ccc4c3c12. The van der Waals surface area contributed by atoms with Gasteiger partial charge < -0.3 is 8.83 Å². The number of hydrogen-bond donors (Lipinski definition) is 0. The molecule has 0 unspecified atom stereocenters. The molecule has 6 rings (SSSR count). The van der Waals surface area contributed by atoms with E-state index in [-0.39, 0.29) is 0 Å². The Hall–Kier alpha value is -3.59. The molecule has 0 saturated heterocycles. The molecule has 0 aliphatic carbocycles. The molecular formula is C23H13NO2. The number of hydrogen-bond acceptors (Lipinski definition) is 3. The van der Waals surface area contributed by atoms with Crippen LogP contribution in [0.3, 0.4) is 0 Å². The number of aromatic nitrogens is 1. The zero-order valence-electron chi connectivity index (χ0n) is 13.8. The zero-order chi connectivity index (χ0) is 17.1. The minimum Gasteiger partial charge on any atom is -0.456 e. The van der Waals surface area contributed by atoms with Gasteiger partial charge >= 0.3 is 0 Å². The van der Waals surface area contributed by atoms with Crippen molar-refractivity contribution in [2.75, 3.05) is 0 Å². The van der Waals surface area contributed by atoms with E-state index < -0.39 is 0 Å². The van der Waals surface area contributed by atoms with E-state index in [4.69, 9.17) is 8.83 Å². The molecule has 0 fully saturated rings. The highest BCUT2D eigenvalue weighted by Crippen LogP contribution is 2.40. The Bertz CT molecular complexity index is 1420.